The van der Waals surface area contributed by atoms with Crippen LogP contribution in [-0.4, -0.2) is 39.0 Å². The number of hydrogen-bond donors (Lipinski definition) is 3. The Morgan fingerprint density at radius 1 is 1.22 bits per heavy atom. The van der Waals surface area contributed by atoms with Crippen molar-refractivity contribution >= 4 is 11.8 Å². The fourth-order valence-corrected chi connectivity index (χ4v) is 1.84. The van der Waals surface area contributed by atoms with Crippen molar-refractivity contribution in [3.05, 3.63) is 47.9 Å². The zero-order valence-electron chi connectivity index (χ0n) is 12.9. The van der Waals surface area contributed by atoms with E-state index in [0.29, 0.717) is 16.8 Å². The number of rotatable bonds is 5. The highest BCUT2D eigenvalue weighted by Gasteiger charge is 2.20. The van der Waals surface area contributed by atoms with Gasteiger partial charge in [0.2, 0.25) is 0 Å². The molecule has 7 nitrogen and oxygen atoms in total. The van der Waals surface area contributed by atoms with Crippen LogP contribution in [0, 0.1) is 0 Å². The third-order valence-corrected chi connectivity index (χ3v) is 3.18. The summed E-state index contributed by atoms with van der Waals surface area (Å²) in [5, 5.41) is 11.9. The fourth-order valence-electron chi connectivity index (χ4n) is 1.84. The second kappa shape index (κ2) is 6.53. The first kappa shape index (κ1) is 16.6. The lowest BCUT2D eigenvalue weighted by molar-refractivity contribution is 0.0869. The molecule has 120 valence electrons. The Labute approximate surface area is 133 Å². The van der Waals surface area contributed by atoms with Crippen molar-refractivity contribution in [3.63, 3.8) is 0 Å². The predicted octanol–water partition coefficient (Wildman–Crippen LogP) is 0.743. The summed E-state index contributed by atoms with van der Waals surface area (Å²) >= 11 is 0. The quantitative estimate of drug-likeness (QED) is 0.752. The molecule has 1 aromatic heterocycles. The molecule has 0 fully saturated rings. The van der Waals surface area contributed by atoms with Crippen LogP contribution in [0.15, 0.2) is 36.7 Å². The lowest BCUT2D eigenvalue weighted by atomic mass is 10.0. The molecule has 0 aliphatic carbocycles. The predicted molar refractivity (Wildman–Crippen MR) is 84.6 cm³/mol. The average Bonchev–Trinajstić information content (AvgIpc) is 2.54. The van der Waals surface area contributed by atoms with Crippen LogP contribution in [-0.2, 0) is 0 Å². The number of nitrogens with two attached hydrogens (primary N) is 1. The van der Waals surface area contributed by atoms with Gasteiger partial charge in [-0.25, -0.2) is 4.98 Å². The normalized spacial score (nSPS) is 11.1. The van der Waals surface area contributed by atoms with Crippen LogP contribution in [0.25, 0.3) is 11.3 Å². The monoisotopic (exact) mass is 314 g/mol. The van der Waals surface area contributed by atoms with E-state index in [-0.39, 0.29) is 18.2 Å². The zero-order chi connectivity index (χ0) is 17.0. The lowest BCUT2D eigenvalue weighted by Crippen LogP contribution is -2.46. The Morgan fingerprint density at radius 2 is 1.87 bits per heavy atom. The largest absolute Gasteiger partial charge is 0.394 e. The molecule has 7 heteroatoms. The van der Waals surface area contributed by atoms with E-state index in [9.17, 15) is 14.7 Å². The number of carbonyl (C=O) groups is 2. The number of nitrogens with zero attached hydrogens (tertiary/aromatic N) is 2. The average molecular weight is 314 g/mol. The maximum atomic E-state index is 12.1. The molecule has 0 radical (unpaired) electrons. The molecular weight excluding hydrogens is 296 g/mol. The van der Waals surface area contributed by atoms with Crippen LogP contribution in [0.1, 0.15) is 34.7 Å². The fraction of sp³-hybridized carbons (Fsp3) is 0.250. The van der Waals surface area contributed by atoms with Crippen LogP contribution in [0.2, 0.25) is 0 Å². The third kappa shape index (κ3) is 4.10. The van der Waals surface area contributed by atoms with Gasteiger partial charge < -0.3 is 16.2 Å². The van der Waals surface area contributed by atoms with Gasteiger partial charge in [0.1, 0.15) is 5.69 Å². The molecule has 0 spiro atoms. The first-order valence-corrected chi connectivity index (χ1v) is 6.98. The van der Waals surface area contributed by atoms with Crippen LogP contribution in [0.5, 0.6) is 0 Å². The molecular formula is C16H18N4O3. The minimum absolute atomic E-state index is 0.0778. The Morgan fingerprint density at radius 3 is 2.43 bits per heavy atom. The van der Waals surface area contributed by atoms with E-state index in [1.807, 2.05) is 0 Å². The molecule has 4 N–H and O–H groups in total. The van der Waals surface area contributed by atoms with Gasteiger partial charge in [-0.05, 0) is 26.0 Å². The molecule has 0 unspecified atom stereocenters. The molecule has 0 atom stereocenters. The Hall–Kier alpha value is -2.80. The van der Waals surface area contributed by atoms with E-state index in [2.05, 4.69) is 15.3 Å². The molecule has 0 bridgehead atoms. The van der Waals surface area contributed by atoms with Gasteiger partial charge in [-0.3, -0.25) is 14.6 Å². The van der Waals surface area contributed by atoms with Gasteiger partial charge in [0.05, 0.1) is 30.2 Å². The number of hydrogen-bond acceptors (Lipinski definition) is 5. The van der Waals surface area contributed by atoms with Crippen LogP contribution in [0.3, 0.4) is 0 Å². The van der Waals surface area contributed by atoms with Crippen molar-refractivity contribution in [1.82, 2.24) is 15.3 Å². The van der Waals surface area contributed by atoms with E-state index in [0.717, 1.165) is 0 Å². The number of aliphatic hydroxyl groups is 1. The number of aliphatic hydroxyl groups excluding tert-OH is 1. The smallest absolute Gasteiger partial charge is 0.268 e. The number of nitrogens with one attached hydrogen (secondary N) is 1. The molecule has 1 heterocycles. The molecule has 0 aliphatic rings. The summed E-state index contributed by atoms with van der Waals surface area (Å²) in [5.74, 6) is -0.936. The Kier molecular flexibility index (Phi) is 4.71. The topological polar surface area (TPSA) is 118 Å². The van der Waals surface area contributed by atoms with Crippen molar-refractivity contribution in [2.75, 3.05) is 6.61 Å². The van der Waals surface area contributed by atoms with Crippen molar-refractivity contribution in [2.24, 2.45) is 5.73 Å². The molecule has 2 aromatic rings. The van der Waals surface area contributed by atoms with Gasteiger partial charge in [-0.1, -0.05) is 12.1 Å². The van der Waals surface area contributed by atoms with Crippen molar-refractivity contribution in [2.45, 2.75) is 19.4 Å². The van der Waals surface area contributed by atoms with Crippen molar-refractivity contribution in [3.8, 4) is 11.3 Å². The number of benzene rings is 1. The Bertz CT molecular complexity index is 726. The highest BCUT2D eigenvalue weighted by molar-refractivity contribution is 5.95. The summed E-state index contributed by atoms with van der Waals surface area (Å²) in [6.07, 6.45) is 2.81. The summed E-state index contributed by atoms with van der Waals surface area (Å²) in [5.41, 5.74) is 6.21. The van der Waals surface area contributed by atoms with E-state index in [1.54, 1.807) is 38.1 Å². The van der Waals surface area contributed by atoms with Gasteiger partial charge in [-0.15, -0.1) is 0 Å². The molecule has 2 amide bonds. The lowest BCUT2D eigenvalue weighted by Gasteiger charge is -2.23. The molecule has 2 rings (SSSR count). The van der Waals surface area contributed by atoms with Crippen molar-refractivity contribution < 1.29 is 14.7 Å². The second-order valence-electron chi connectivity index (χ2n) is 5.73. The SMILES string of the molecule is CC(C)(CO)NC(=O)c1ccc(-c2cncc(C(N)=O)n2)cc1. The summed E-state index contributed by atoms with van der Waals surface area (Å²) in [6, 6.07) is 6.68. The number of carbonyl (C=O) groups excluding carboxylic acids is 2. The van der Waals surface area contributed by atoms with Crippen molar-refractivity contribution in [1.29, 1.82) is 0 Å². The molecule has 0 saturated carbocycles. The summed E-state index contributed by atoms with van der Waals surface area (Å²) < 4.78 is 0. The van der Waals surface area contributed by atoms with E-state index < -0.39 is 11.4 Å². The van der Waals surface area contributed by atoms with Crippen LogP contribution < -0.4 is 11.1 Å². The number of aromatic nitrogens is 2. The van der Waals surface area contributed by atoms with Crippen LogP contribution >= 0.6 is 0 Å². The minimum atomic E-state index is -0.697. The zero-order valence-corrected chi connectivity index (χ0v) is 12.9. The molecule has 1 aromatic carbocycles. The highest BCUT2D eigenvalue weighted by atomic mass is 16.3. The molecule has 0 saturated heterocycles. The first-order valence-electron chi connectivity index (χ1n) is 6.98. The van der Waals surface area contributed by atoms with Gasteiger partial charge in [0, 0.05) is 11.1 Å². The molecule has 23 heavy (non-hydrogen) atoms. The van der Waals surface area contributed by atoms with Gasteiger partial charge >= 0.3 is 0 Å². The maximum Gasteiger partial charge on any atom is 0.268 e. The number of primary amides is 1. The maximum absolute atomic E-state index is 12.1. The van der Waals surface area contributed by atoms with Gasteiger partial charge in [0.25, 0.3) is 11.8 Å². The highest BCUT2D eigenvalue weighted by Crippen LogP contribution is 2.17. The summed E-state index contributed by atoms with van der Waals surface area (Å²) in [7, 11) is 0. The number of amides is 2. The Balaban J connectivity index is 2.21. The first-order chi connectivity index (χ1) is 10.8. The minimum Gasteiger partial charge on any atom is -0.394 e. The summed E-state index contributed by atoms with van der Waals surface area (Å²) in [6.45, 7) is 3.29. The molecule has 0 aliphatic heterocycles. The van der Waals surface area contributed by atoms with E-state index in [1.165, 1.54) is 12.4 Å². The third-order valence-electron chi connectivity index (χ3n) is 3.18. The second-order valence-corrected chi connectivity index (χ2v) is 5.73. The standard InChI is InChI=1S/C16H18N4O3/c1-16(2,9-21)20-15(23)11-5-3-10(4-6-11)12-7-18-8-13(19-12)14(17)22/h3-8,21H,9H2,1-2H3,(H2,17,22)(H,20,23). The summed E-state index contributed by atoms with van der Waals surface area (Å²) in [4.78, 5) is 31.3. The van der Waals surface area contributed by atoms with Gasteiger partial charge in [0.15, 0.2) is 0 Å². The van der Waals surface area contributed by atoms with Gasteiger partial charge in [-0.2, -0.15) is 0 Å². The van der Waals surface area contributed by atoms with E-state index >= 15 is 0 Å². The van der Waals surface area contributed by atoms with Crippen LogP contribution in [0.4, 0.5) is 0 Å². The van der Waals surface area contributed by atoms with E-state index in [4.69, 9.17) is 5.73 Å².